The molecule has 2 aliphatic heterocycles. The Morgan fingerprint density at radius 1 is 1.22 bits per heavy atom. The zero-order valence-electron chi connectivity index (χ0n) is 13.3. The number of carbonyl (C=O) groups is 2. The number of hydrogen-bond donors (Lipinski definition) is 1. The van der Waals surface area contributed by atoms with Crippen LogP contribution in [0.5, 0.6) is 0 Å². The smallest absolute Gasteiger partial charge is 0.268 e. The summed E-state index contributed by atoms with van der Waals surface area (Å²) in [7, 11) is 0. The molecular weight excluding hydrogens is 294 g/mol. The number of hydrogen-bond acceptors (Lipinski definition) is 5. The molecule has 1 aromatic heterocycles. The Morgan fingerprint density at radius 3 is 2.70 bits per heavy atom. The number of nitrogens with two attached hydrogens (primary N) is 1. The van der Waals surface area contributed by atoms with E-state index in [4.69, 9.17) is 5.73 Å². The second-order valence-corrected chi connectivity index (χ2v) is 6.35. The van der Waals surface area contributed by atoms with Crippen LogP contribution in [-0.4, -0.2) is 52.9 Å². The third-order valence-electron chi connectivity index (χ3n) is 4.71. The van der Waals surface area contributed by atoms with Crippen LogP contribution in [-0.2, 0) is 4.79 Å². The quantitative estimate of drug-likeness (QED) is 0.887. The van der Waals surface area contributed by atoms with Gasteiger partial charge in [0.1, 0.15) is 11.5 Å². The topological polar surface area (TPSA) is 92.4 Å². The summed E-state index contributed by atoms with van der Waals surface area (Å²) in [5, 5.41) is 0. The van der Waals surface area contributed by atoms with Crippen LogP contribution >= 0.6 is 0 Å². The zero-order chi connectivity index (χ0) is 16.2. The largest absolute Gasteiger partial charge is 0.364 e. The molecule has 3 heterocycles. The Kier molecular flexibility index (Phi) is 4.73. The van der Waals surface area contributed by atoms with E-state index in [9.17, 15) is 9.59 Å². The lowest BCUT2D eigenvalue weighted by Gasteiger charge is -2.36. The number of anilines is 1. The lowest BCUT2D eigenvalue weighted by Crippen LogP contribution is -2.43. The summed E-state index contributed by atoms with van der Waals surface area (Å²) in [5.41, 5.74) is 5.45. The molecule has 0 saturated carbocycles. The predicted molar refractivity (Wildman–Crippen MR) is 85.9 cm³/mol. The third-order valence-corrected chi connectivity index (χ3v) is 4.71. The summed E-state index contributed by atoms with van der Waals surface area (Å²) in [6.45, 7) is 3.51. The summed E-state index contributed by atoms with van der Waals surface area (Å²) in [5.74, 6) is 0.992. The number of primary amides is 1. The van der Waals surface area contributed by atoms with Crippen LogP contribution in [0.25, 0.3) is 0 Å². The normalized spacial score (nSPS) is 19.9. The molecule has 2 fully saturated rings. The first-order valence-electron chi connectivity index (χ1n) is 8.28. The van der Waals surface area contributed by atoms with Crippen LogP contribution in [0.1, 0.15) is 42.6 Å². The van der Waals surface area contributed by atoms with Crippen molar-refractivity contribution in [1.29, 1.82) is 0 Å². The first kappa shape index (κ1) is 15.7. The van der Waals surface area contributed by atoms with Gasteiger partial charge in [-0.15, -0.1) is 0 Å². The average Bonchev–Trinajstić information content (AvgIpc) is 2.58. The Balaban J connectivity index is 1.55. The van der Waals surface area contributed by atoms with Gasteiger partial charge in [-0.3, -0.25) is 14.6 Å². The second kappa shape index (κ2) is 6.93. The van der Waals surface area contributed by atoms with Crippen molar-refractivity contribution in [3.8, 4) is 0 Å². The third kappa shape index (κ3) is 3.78. The number of likely N-dealkylation sites (tertiary alicyclic amines) is 1. The summed E-state index contributed by atoms with van der Waals surface area (Å²) < 4.78 is 0. The van der Waals surface area contributed by atoms with E-state index in [1.165, 1.54) is 6.20 Å². The molecule has 0 aromatic carbocycles. The molecule has 1 aromatic rings. The second-order valence-electron chi connectivity index (χ2n) is 6.35. The van der Waals surface area contributed by atoms with E-state index in [0.29, 0.717) is 24.1 Å². The molecule has 0 bridgehead atoms. The molecule has 3 rings (SSSR count). The molecule has 0 spiro atoms. The SMILES string of the molecule is NC(=O)c1cncc(N2CCC(CN3CCCCC3=O)CC2)n1. The van der Waals surface area contributed by atoms with Crippen molar-refractivity contribution in [2.45, 2.75) is 32.1 Å². The molecule has 2 N–H and O–H groups in total. The van der Waals surface area contributed by atoms with Gasteiger partial charge in [0.15, 0.2) is 0 Å². The molecule has 0 unspecified atom stereocenters. The van der Waals surface area contributed by atoms with Crippen LogP contribution < -0.4 is 10.6 Å². The van der Waals surface area contributed by atoms with Crippen LogP contribution in [0.2, 0.25) is 0 Å². The monoisotopic (exact) mass is 317 g/mol. The highest BCUT2D eigenvalue weighted by molar-refractivity contribution is 5.90. The Morgan fingerprint density at radius 2 is 2.00 bits per heavy atom. The van der Waals surface area contributed by atoms with Crippen LogP contribution in [0.4, 0.5) is 5.82 Å². The highest BCUT2D eigenvalue weighted by Gasteiger charge is 2.25. The number of piperidine rings is 2. The van der Waals surface area contributed by atoms with Gasteiger partial charge >= 0.3 is 0 Å². The molecule has 0 radical (unpaired) electrons. The summed E-state index contributed by atoms with van der Waals surface area (Å²) >= 11 is 0. The van der Waals surface area contributed by atoms with E-state index in [0.717, 1.165) is 51.9 Å². The van der Waals surface area contributed by atoms with E-state index in [1.807, 2.05) is 4.90 Å². The van der Waals surface area contributed by atoms with E-state index < -0.39 is 5.91 Å². The maximum absolute atomic E-state index is 11.9. The molecule has 7 heteroatoms. The maximum Gasteiger partial charge on any atom is 0.268 e. The standard InChI is InChI=1S/C16H23N5O2/c17-16(23)13-9-18-10-14(19-13)20-7-4-12(5-8-20)11-21-6-2-1-3-15(21)22/h9-10,12H,1-8,11H2,(H2,17,23). The van der Waals surface area contributed by atoms with E-state index in [-0.39, 0.29) is 5.69 Å². The van der Waals surface area contributed by atoms with Gasteiger partial charge in [-0.25, -0.2) is 4.98 Å². The molecule has 23 heavy (non-hydrogen) atoms. The van der Waals surface area contributed by atoms with E-state index in [1.54, 1.807) is 6.20 Å². The summed E-state index contributed by atoms with van der Waals surface area (Å²) in [6.07, 6.45) is 7.96. The fourth-order valence-electron chi connectivity index (χ4n) is 3.34. The Labute approximate surface area is 135 Å². The maximum atomic E-state index is 11.9. The van der Waals surface area contributed by atoms with Crippen LogP contribution in [0, 0.1) is 5.92 Å². The summed E-state index contributed by atoms with van der Waals surface area (Å²) in [4.78, 5) is 35.6. The molecule has 2 aliphatic rings. The van der Waals surface area contributed by atoms with Gasteiger partial charge in [-0.1, -0.05) is 0 Å². The molecular formula is C16H23N5O2. The first-order valence-corrected chi connectivity index (χ1v) is 8.28. The lowest BCUT2D eigenvalue weighted by molar-refractivity contribution is -0.134. The first-order chi connectivity index (χ1) is 11.1. The fourth-order valence-corrected chi connectivity index (χ4v) is 3.34. The van der Waals surface area contributed by atoms with Gasteiger partial charge in [0, 0.05) is 32.6 Å². The summed E-state index contributed by atoms with van der Waals surface area (Å²) in [6, 6.07) is 0. The highest BCUT2D eigenvalue weighted by Crippen LogP contribution is 2.23. The van der Waals surface area contributed by atoms with Crippen molar-refractivity contribution >= 4 is 17.6 Å². The molecule has 124 valence electrons. The number of aromatic nitrogens is 2. The Hall–Kier alpha value is -2.18. The number of amides is 2. The fraction of sp³-hybridized carbons (Fsp3) is 0.625. The number of rotatable bonds is 4. The van der Waals surface area contributed by atoms with Crippen LogP contribution in [0.3, 0.4) is 0 Å². The highest BCUT2D eigenvalue weighted by atomic mass is 16.2. The minimum atomic E-state index is -0.558. The Bertz CT molecular complexity index is 584. The van der Waals surface area contributed by atoms with Crippen molar-refractivity contribution in [2.75, 3.05) is 31.1 Å². The number of carbonyl (C=O) groups excluding carboxylic acids is 2. The van der Waals surface area contributed by atoms with E-state index in [2.05, 4.69) is 14.9 Å². The molecule has 2 saturated heterocycles. The van der Waals surface area contributed by atoms with E-state index >= 15 is 0 Å². The van der Waals surface area contributed by atoms with Gasteiger partial charge in [-0.05, 0) is 31.6 Å². The van der Waals surface area contributed by atoms with Crippen molar-refractivity contribution < 1.29 is 9.59 Å². The minimum Gasteiger partial charge on any atom is -0.364 e. The molecule has 0 aliphatic carbocycles. The van der Waals surface area contributed by atoms with Crippen molar-refractivity contribution in [1.82, 2.24) is 14.9 Å². The minimum absolute atomic E-state index is 0.198. The average molecular weight is 317 g/mol. The lowest BCUT2D eigenvalue weighted by atomic mass is 9.95. The van der Waals surface area contributed by atoms with Gasteiger partial charge in [0.25, 0.3) is 5.91 Å². The predicted octanol–water partition coefficient (Wildman–Crippen LogP) is 0.804. The molecule has 2 amide bonds. The van der Waals surface area contributed by atoms with Crippen molar-refractivity contribution in [2.24, 2.45) is 11.7 Å². The van der Waals surface area contributed by atoms with Crippen molar-refractivity contribution in [3.05, 3.63) is 18.1 Å². The van der Waals surface area contributed by atoms with Gasteiger partial charge in [0.05, 0.1) is 12.4 Å². The van der Waals surface area contributed by atoms with Crippen molar-refractivity contribution in [3.63, 3.8) is 0 Å². The van der Waals surface area contributed by atoms with Gasteiger partial charge in [-0.2, -0.15) is 0 Å². The van der Waals surface area contributed by atoms with Gasteiger partial charge in [0.2, 0.25) is 5.91 Å². The molecule has 0 atom stereocenters. The number of nitrogens with zero attached hydrogens (tertiary/aromatic N) is 4. The molecule has 7 nitrogen and oxygen atoms in total. The van der Waals surface area contributed by atoms with Crippen LogP contribution in [0.15, 0.2) is 12.4 Å². The van der Waals surface area contributed by atoms with Gasteiger partial charge < -0.3 is 15.5 Å². The zero-order valence-corrected chi connectivity index (χ0v) is 13.3.